The van der Waals surface area contributed by atoms with E-state index in [1.54, 1.807) is 0 Å². The standard InChI is InChI=1S/C16H24N2O2/c1-4-13(3)20-15-7-5-14(6-8-15)16(19)18-10-9-17-12(2)11-18/h5-8,12-13,17H,4,9-11H2,1-3H3. The van der Waals surface area contributed by atoms with Gasteiger partial charge in [-0.1, -0.05) is 6.92 Å². The first-order valence-corrected chi connectivity index (χ1v) is 7.39. The van der Waals surface area contributed by atoms with E-state index >= 15 is 0 Å². The monoisotopic (exact) mass is 276 g/mol. The Bertz CT molecular complexity index is 444. The van der Waals surface area contributed by atoms with Crippen molar-refractivity contribution in [2.75, 3.05) is 19.6 Å². The van der Waals surface area contributed by atoms with E-state index in [-0.39, 0.29) is 12.0 Å². The van der Waals surface area contributed by atoms with Crippen molar-refractivity contribution in [3.8, 4) is 5.75 Å². The van der Waals surface area contributed by atoms with Gasteiger partial charge in [-0.25, -0.2) is 0 Å². The third-order valence-corrected chi connectivity index (χ3v) is 3.67. The summed E-state index contributed by atoms with van der Waals surface area (Å²) in [6.45, 7) is 8.64. The quantitative estimate of drug-likeness (QED) is 0.917. The minimum absolute atomic E-state index is 0.105. The maximum atomic E-state index is 12.4. The van der Waals surface area contributed by atoms with Crippen molar-refractivity contribution in [2.24, 2.45) is 0 Å². The maximum absolute atomic E-state index is 12.4. The summed E-state index contributed by atoms with van der Waals surface area (Å²) in [4.78, 5) is 14.3. The minimum Gasteiger partial charge on any atom is -0.491 e. The fourth-order valence-electron chi connectivity index (χ4n) is 2.29. The number of nitrogens with one attached hydrogen (secondary N) is 1. The van der Waals surface area contributed by atoms with Crippen molar-refractivity contribution < 1.29 is 9.53 Å². The lowest BCUT2D eigenvalue weighted by atomic mass is 10.1. The van der Waals surface area contributed by atoms with Gasteiger partial charge >= 0.3 is 0 Å². The second-order valence-corrected chi connectivity index (χ2v) is 5.47. The largest absolute Gasteiger partial charge is 0.491 e. The molecule has 0 radical (unpaired) electrons. The minimum atomic E-state index is 0.105. The molecule has 1 fully saturated rings. The first kappa shape index (κ1) is 14.9. The molecule has 0 bridgehead atoms. The van der Waals surface area contributed by atoms with Gasteiger partial charge in [0, 0.05) is 31.2 Å². The molecule has 0 saturated carbocycles. The predicted molar refractivity (Wildman–Crippen MR) is 80.2 cm³/mol. The van der Waals surface area contributed by atoms with Crippen LogP contribution in [0, 0.1) is 0 Å². The first-order chi connectivity index (χ1) is 9.60. The fourth-order valence-corrected chi connectivity index (χ4v) is 2.29. The van der Waals surface area contributed by atoms with Crippen LogP contribution in [0.5, 0.6) is 5.75 Å². The van der Waals surface area contributed by atoms with E-state index in [0.717, 1.165) is 37.4 Å². The number of hydrogen-bond acceptors (Lipinski definition) is 3. The molecule has 0 aliphatic carbocycles. The molecule has 110 valence electrons. The summed E-state index contributed by atoms with van der Waals surface area (Å²) in [5.41, 5.74) is 0.732. The zero-order chi connectivity index (χ0) is 14.5. The number of carbonyl (C=O) groups excluding carboxylic acids is 1. The Hall–Kier alpha value is -1.55. The number of hydrogen-bond donors (Lipinski definition) is 1. The predicted octanol–water partition coefficient (Wildman–Crippen LogP) is 2.30. The van der Waals surface area contributed by atoms with Crippen LogP contribution in [0.3, 0.4) is 0 Å². The van der Waals surface area contributed by atoms with E-state index in [0.29, 0.717) is 6.04 Å². The number of piperazine rings is 1. The highest BCUT2D eigenvalue weighted by Crippen LogP contribution is 2.16. The topological polar surface area (TPSA) is 41.6 Å². The second kappa shape index (κ2) is 6.75. The van der Waals surface area contributed by atoms with Crippen LogP contribution in [-0.2, 0) is 0 Å². The number of amides is 1. The van der Waals surface area contributed by atoms with Gasteiger partial charge in [0.2, 0.25) is 0 Å². The Balaban J connectivity index is 2.00. The molecule has 1 aliphatic rings. The third-order valence-electron chi connectivity index (χ3n) is 3.67. The van der Waals surface area contributed by atoms with Gasteiger partial charge in [0.15, 0.2) is 0 Å². The molecule has 1 saturated heterocycles. The van der Waals surface area contributed by atoms with Crippen molar-refractivity contribution in [3.63, 3.8) is 0 Å². The van der Waals surface area contributed by atoms with E-state index in [4.69, 9.17) is 4.74 Å². The Kier molecular flexibility index (Phi) is 5.01. The van der Waals surface area contributed by atoms with Crippen LogP contribution >= 0.6 is 0 Å². The average molecular weight is 276 g/mol. The van der Waals surface area contributed by atoms with Crippen LogP contribution in [0.4, 0.5) is 0 Å². The molecule has 2 rings (SSSR count). The lowest BCUT2D eigenvalue weighted by Gasteiger charge is -2.32. The van der Waals surface area contributed by atoms with Gasteiger partial charge in [0.05, 0.1) is 6.10 Å². The molecule has 20 heavy (non-hydrogen) atoms. The molecular formula is C16H24N2O2. The molecule has 0 spiro atoms. The lowest BCUT2D eigenvalue weighted by Crippen LogP contribution is -2.51. The van der Waals surface area contributed by atoms with Crippen LogP contribution in [-0.4, -0.2) is 42.6 Å². The van der Waals surface area contributed by atoms with Crippen molar-refractivity contribution in [2.45, 2.75) is 39.3 Å². The summed E-state index contributed by atoms with van der Waals surface area (Å²) >= 11 is 0. The molecule has 0 aromatic heterocycles. The van der Waals surface area contributed by atoms with E-state index in [2.05, 4.69) is 19.2 Å². The molecule has 1 aromatic rings. The van der Waals surface area contributed by atoms with Crippen LogP contribution < -0.4 is 10.1 Å². The summed E-state index contributed by atoms with van der Waals surface area (Å²) in [5, 5.41) is 3.34. The zero-order valence-electron chi connectivity index (χ0n) is 12.6. The van der Waals surface area contributed by atoms with E-state index < -0.39 is 0 Å². The fraction of sp³-hybridized carbons (Fsp3) is 0.562. The summed E-state index contributed by atoms with van der Waals surface area (Å²) in [6.07, 6.45) is 1.17. The van der Waals surface area contributed by atoms with Crippen molar-refractivity contribution >= 4 is 5.91 Å². The third kappa shape index (κ3) is 3.73. The normalized spacial score (nSPS) is 20.6. The van der Waals surface area contributed by atoms with Gasteiger partial charge in [0.1, 0.15) is 5.75 Å². The number of ether oxygens (including phenoxy) is 1. The van der Waals surface area contributed by atoms with Gasteiger partial charge in [-0.2, -0.15) is 0 Å². The summed E-state index contributed by atoms with van der Waals surface area (Å²) in [5.74, 6) is 0.929. The molecule has 1 N–H and O–H groups in total. The summed E-state index contributed by atoms with van der Waals surface area (Å²) in [6, 6.07) is 7.83. The highest BCUT2D eigenvalue weighted by Gasteiger charge is 2.21. The average Bonchev–Trinajstić information content (AvgIpc) is 2.47. The Labute approximate surface area is 121 Å². The van der Waals surface area contributed by atoms with Gasteiger partial charge in [-0.15, -0.1) is 0 Å². The van der Waals surface area contributed by atoms with Crippen molar-refractivity contribution in [3.05, 3.63) is 29.8 Å². The highest BCUT2D eigenvalue weighted by atomic mass is 16.5. The van der Waals surface area contributed by atoms with Crippen LogP contribution in [0.15, 0.2) is 24.3 Å². The van der Waals surface area contributed by atoms with E-state index in [1.165, 1.54) is 0 Å². The molecule has 4 nitrogen and oxygen atoms in total. The molecule has 1 amide bonds. The number of benzene rings is 1. The van der Waals surface area contributed by atoms with Gasteiger partial charge < -0.3 is 15.0 Å². The number of rotatable bonds is 4. The second-order valence-electron chi connectivity index (χ2n) is 5.47. The van der Waals surface area contributed by atoms with Crippen molar-refractivity contribution in [1.29, 1.82) is 0 Å². The molecule has 1 heterocycles. The van der Waals surface area contributed by atoms with Gasteiger partial charge in [0.25, 0.3) is 5.91 Å². The Morgan fingerprint density at radius 2 is 2.15 bits per heavy atom. The van der Waals surface area contributed by atoms with Gasteiger partial charge in [-0.3, -0.25) is 4.79 Å². The Morgan fingerprint density at radius 1 is 1.45 bits per heavy atom. The number of carbonyl (C=O) groups is 1. The molecule has 2 atom stereocenters. The van der Waals surface area contributed by atoms with Crippen LogP contribution in [0.1, 0.15) is 37.6 Å². The molecule has 4 heteroatoms. The smallest absolute Gasteiger partial charge is 0.253 e. The molecule has 2 unspecified atom stereocenters. The van der Waals surface area contributed by atoms with E-state index in [9.17, 15) is 4.79 Å². The van der Waals surface area contributed by atoms with Crippen LogP contribution in [0.2, 0.25) is 0 Å². The molecule has 1 aromatic carbocycles. The summed E-state index contributed by atoms with van der Waals surface area (Å²) < 4.78 is 5.73. The van der Waals surface area contributed by atoms with Crippen LogP contribution in [0.25, 0.3) is 0 Å². The summed E-state index contributed by atoms with van der Waals surface area (Å²) in [7, 11) is 0. The SMILES string of the molecule is CCC(C)Oc1ccc(C(=O)N2CCNC(C)C2)cc1. The van der Waals surface area contributed by atoms with E-state index in [1.807, 2.05) is 36.1 Å². The highest BCUT2D eigenvalue weighted by molar-refractivity contribution is 5.94. The van der Waals surface area contributed by atoms with Gasteiger partial charge in [-0.05, 0) is 44.5 Å². The lowest BCUT2D eigenvalue weighted by molar-refractivity contribution is 0.0709. The maximum Gasteiger partial charge on any atom is 0.253 e. The number of nitrogens with zero attached hydrogens (tertiary/aromatic N) is 1. The Morgan fingerprint density at radius 3 is 2.75 bits per heavy atom. The molecular weight excluding hydrogens is 252 g/mol. The zero-order valence-corrected chi connectivity index (χ0v) is 12.6. The first-order valence-electron chi connectivity index (χ1n) is 7.39. The molecule has 1 aliphatic heterocycles. The van der Waals surface area contributed by atoms with Crippen molar-refractivity contribution in [1.82, 2.24) is 10.2 Å².